The van der Waals surface area contributed by atoms with Crippen LogP contribution in [0.25, 0.3) is 0 Å². The molecule has 0 amide bonds. The zero-order valence-electron chi connectivity index (χ0n) is 8.81. The van der Waals surface area contributed by atoms with E-state index in [4.69, 9.17) is 11.6 Å². The van der Waals surface area contributed by atoms with Crippen molar-refractivity contribution in [1.29, 1.82) is 0 Å². The molecule has 0 heterocycles. The van der Waals surface area contributed by atoms with E-state index >= 15 is 0 Å². The van der Waals surface area contributed by atoms with Crippen molar-refractivity contribution >= 4 is 21.8 Å². The van der Waals surface area contributed by atoms with Crippen molar-refractivity contribution in [2.45, 2.75) is 17.6 Å². The summed E-state index contributed by atoms with van der Waals surface area (Å²) in [7, 11) is 0.844. The number of halogens is 4. The van der Waals surface area contributed by atoms with Crippen LogP contribution in [-0.2, 0) is 6.18 Å². The summed E-state index contributed by atoms with van der Waals surface area (Å²) in [4.78, 5) is 0. The Morgan fingerprint density at radius 2 is 1.94 bits per heavy atom. The Kier molecular flexibility index (Phi) is 4.21. The van der Waals surface area contributed by atoms with E-state index in [1.54, 1.807) is 6.07 Å². The fourth-order valence-electron chi connectivity index (χ4n) is 1.38. The first-order valence-electron chi connectivity index (χ1n) is 4.85. The number of rotatable bonds is 3. The van der Waals surface area contributed by atoms with Gasteiger partial charge in [0, 0.05) is 10.2 Å². The Hall–Kier alpha value is -0.743. The molecule has 1 unspecified atom stereocenters. The summed E-state index contributed by atoms with van der Waals surface area (Å²) in [5.41, 5.74) is 0.0637. The summed E-state index contributed by atoms with van der Waals surface area (Å²) in [5, 5.41) is -0.754. The van der Waals surface area contributed by atoms with Gasteiger partial charge in [0.2, 0.25) is 0 Å². The molecule has 88 valence electrons. The average Bonchev–Trinajstić information content (AvgIpc) is 2.26. The maximum absolute atomic E-state index is 12.7. The first-order valence-corrected chi connectivity index (χ1v) is 6.70. The van der Waals surface area contributed by atoms with E-state index in [0.29, 0.717) is 11.6 Å². The van der Waals surface area contributed by atoms with Crippen LogP contribution in [0.4, 0.5) is 13.2 Å². The molecule has 0 fully saturated rings. The van der Waals surface area contributed by atoms with Crippen LogP contribution in [-0.4, -0.2) is 10.2 Å². The average molecular weight is 265 g/mol. The van der Waals surface area contributed by atoms with Crippen LogP contribution < -0.4 is 0 Å². The van der Waals surface area contributed by atoms with Gasteiger partial charge in [-0.25, -0.2) is 0 Å². The van der Waals surface area contributed by atoms with Gasteiger partial charge in [-0.05, 0) is 17.7 Å². The number of hydrogen-bond donors (Lipinski definition) is 0. The Bertz CT molecular complexity index is 387. The second-order valence-corrected chi connectivity index (χ2v) is 4.60. The van der Waals surface area contributed by atoms with E-state index in [1.165, 1.54) is 12.1 Å². The van der Waals surface area contributed by atoms with Gasteiger partial charge in [-0.3, -0.25) is 0 Å². The molecule has 0 spiro atoms. The topological polar surface area (TPSA) is 0 Å². The fraction of sp³-hybridized carbons (Fsp3) is 0.273. The Morgan fingerprint density at radius 1 is 1.38 bits per heavy atom. The monoisotopic (exact) mass is 264 g/mol. The van der Waals surface area contributed by atoms with E-state index in [1.807, 2.05) is 0 Å². The van der Waals surface area contributed by atoms with Gasteiger partial charge in [0.05, 0.1) is 10.9 Å². The summed E-state index contributed by atoms with van der Waals surface area (Å²) < 4.78 is 38.1. The summed E-state index contributed by atoms with van der Waals surface area (Å²) in [6.07, 6.45) is -4.37. The van der Waals surface area contributed by atoms with Crippen LogP contribution in [0.3, 0.4) is 0 Å². The minimum absolute atomic E-state index is 0.0949. The molecule has 1 rings (SSSR count). The Labute approximate surface area is 101 Å². The van der Waals surface area contributed by atoms with Gasteiger partial charge < -0.3 is 0 Å². The lowest BCUT2D eigenvalue weighted by atomic mass is 10.0. The third kappa shape index (κ3) is 2.89. The van der Waals surface area contributed by atoms with Gasteiger partial charge in [-0.2, -0.15) is 13.2 Å². The van der Waals surface area contributed by atoms with Gasteiger partial charge in [-0.1, -0.05) is 30.4 Å². The highest BCUT2D eigenvalue weighted by molar-refractivity contribution is 6.23. The van der Waals surface area contributed by atoms with Crippen LogP contribution in [0.5, 0.6) is 0 Å². The number of hydrogen-bond acceptors (Lipinski definition) is 0. The molecule has 0 aromatic heterocycles. The third-order valence-electron chi connectivity index (χ3n) is 2.35. The molecule has 0 N–H and O–H groups in total. The molecule has 0 aliphatic carbocycles. The second-order valence-electron chi connectivity index (χ2n) is 3.46. The summed E-state index contributed by atoms with van der Waals surface area (Å²) in [5.74, 6) is 0. The summed E-state index contributed by atoms with van der Waals surface area (Å²) in [6, 6.07) is 6.06. The number of benzene rings is 1. The maximum Gasteiger partial charge on any atom is 0.416 e. The maximum atomic E-state index is 12.7. The van der Waals surface area contributed by atoms with E-state index in [-0.39, 0.29) is 5.56 Å². The van der Waals surface area contributed by atoms with E-state index < -0.39 is 17.1 Å². The van der Waals surface area contributed by atoms with Crippen LogP contribution in [0.15, 0.2) is 36.4 Å². The largest absolute Gasteiger partial charge is 0.416 e. The summed E-state index contributed by atoms with van der Waals surface area (Å²) >= 11 is 5.99. The molecular formula is C11H12ClF3Si. The minimum Gasteiger partial charge on any atom is -0.166 e. The lowest BCUT2D eigenvalue weighted by molar-refractivity contribution is -0.138. The zero-order valence-corrected chi connectivity index (χ0v) is 11.6. The van der Waals surface area contributed by atoms with Gasteiger partial charge in [0.25, 0.3) is 0 Å². The molecule has 1 aromatic rings. The quantitative estimate of drug-likeness (QED) is 0.446. The van der Waals surface area contributed by atoms with Crippen LogP contribution >= 0.6 is 11.6 Å². The van der Waals surface area contributed by atoms with E-state index in [9.17, 15) is 13.2 Å². The van der Waals surface area contributed by atoms with Crippen LogP contribution in [0.1, 0.15) is 16.5 Å². The van der Waals surface area contributed by atoms with Crippen molar-refractivity contribution < 1.29 is 13.2 Å². The smallest absolute Gasteiger partial charge is 0.166 e. The van der Waals surface area contributed by atoms with Crippen molar-refractivity contribution in [1.82, 2.24) is 0 Å². The highest BCUT2D eigenvalue weighted by Crippen LogP contribution is 2.39. The van der Waals surface area contributed by atoms with Crippen molar-refractivity contribution in [3.63, 3.8) is 0 Å². The summed E-state index contributed by atoms with van der Waals surface area (Å²) in [6.45, 7) is 3.71. The molecule has 1 aromatic carbocycles. The molecule has 16 heavy (non-hydrogen) atoms. The van der Waals surface area contributed by atoms with Gasteiger partial charge in [-0.15, -0.1) is 11.6 Å². The SMILES string of the molecule is C=C(C[SiH3])C(Cl)c1ccccc1C(F)(F)F. The van der Waals surface area contributed by atoms with Gasteiger partial charge in [0.1, 0.15) is 0 Å². The lowest BCUT2D eigenvalue weighted by Gasteiger charge is -2.17. The molecular weight excluding hydrogens is 253 g/mol. The predicted octanol–water partition coefficient (Wildman–Crippen LogP) is 3.33. The Balaban J connectivity index is 3.19. The molecule has 0 bridgehead atoms. The standard InChI is InChI=1S/C11H12ClF3Si/c1-7(6-16)10(12)8-4-2-3-5-9(8)11(13,14)15/h2-5,10H,1,6H2,16H3. The highest BCUT2D eigenvalue weighted by atomic mass is 35.5. The zero-order chi connectivity index (χ0) is 12.3. The molecule has 0 aliphatic heterocycles. The Morgan fingerprint density at radius 3 is 2.44 bits per heavy atom. The highest BCUT2D eigenvalue weighted by Gasteiger charge is 2.34. The first kappa shape index (κ1) is 13.3. The second kappa shape index (κ2) is 5.06. The fourth-order valence-corrected chi connectivity index (χ4v) is 2.39. The van der Waals surface area contributed by atoms with Crippen molar-refractivity contribution in [2.75, 3.05) is 0 Å². The van der Waals surface area contributed by atoms with Crippen LogP contribution in [0, 0.1) is 0 Å². The molecule has 1 atom stereocenters. The van der Waals surface area contributed by atoms with Crippen molar-refractivity contribution in [3.05, 3.63) is 47.5 Å². The van der Waals surface area contributed by atoms with E-state index in [2.05, 4.69) is 6.58 Å². The van der Waals surface area contributed by atoms with Gasteiger partial charge >= 0.3 is 6.18 Å². The van der Waals surface area contributed by atoms with Gasteiger partial charge in [0.15, 0.2) is 0 Å². The van der Waals surface area contributed by atoms with Crippen molar-refractivity contribution in [2.24, 2.45) is 0 Å². The minimum atomic E-state index is -4.37. The normalized spacial score (nSPS) is 13.8. The molecule has 0 radical (unpaired) electrons. The number of allylic oxidation sites excluding steroid dienone is 1. The van der Waals surface area contributed by atoms with Crippen molar-refractivity contribution in [3.8, 4) is 0 Å². The molecule has 0 saturated heterocycles. The molecule has 0 aliphatic rings. The third-order valence-corrected chi connectivity index (χ3v) is 3.80. The lowest BCUT2D eigenvalue weighted by Crippen LogP contribution is -2.10. The molecule has 5 heteroatoms. The van der Waals surface area contributed by atoms with Crippen LogP contribution in [0.2, 0.25) is 6.04 Å². The predicted molar refractivity (Wildman–Crippen MR) is 63.9 cm³/mol. The number of alkyl halides is 4. The molecule has 0 nitrogen and oxygen atoms in total. The van der Waals surface area contributed by atoms with E-state index in [0.717, 1.165) is 16.3 Å². The molecule has 0 saturated carbocycles. The first-order chi connectivity index (χ1) is 7.38.